The first-order valence-electron chi connectivity index (χ1n) is 6.35. The smallest absolute Gasteiger partial charge is 0.242 e. The van der Waals surface area contributed by atoms with Gasteiger partial charge in [-0.05, 0) is 26.8 Å². The Balaban J connectivity index is 2.79. The van der Waals surface area contributed by atoms with Gasteiger partial charge in [0.25, 0.3) is 0 Å². The Morgan fingerprint density at radius 3 is 2.63 bits per heavy atom. The summed E-state index contributed by atoms with van der Waals surface area (Å²) in [5.41, 5.74) is 0.584. The maximum atomic E-state index is 12.1. The van der Waals surface area contributed by atoms with Gasteiger partial charge in [-0.25, -0.2) is 13.1 Å². The summed E-state index contributed by atoms with van der Waals surface area (Å²) in [6.45, 7) is 6.76. The van der Waals surface area contributed by atoms with Gasteiger partial charge in [0, 0.05) is 31.6 Å². The molecule has 6 nitrogen and oxygen atoms in total. The topological polar surface area (TPSA) is 80.6 Å². The molecule has 1 aromatic rings. The van der Waals surface area contributed by atoms with Crippen molar-refractivity contribution >= 4 is 10.0 Å². The number of rotatable bonds is 8. The van der Waals surface area contributed by atoms with E-state index in [1.165, 1.54) is 12.3 Å². The van der Waals surface area contributed by atoms with Gasteiger partial charge in [0.15, 0.2) is 0 Å². The standard InChI is InChI=1S/C12H22N2O4S/c1-4-14-8-12(6-11(14)9-15)19(16,17)13-7-10(3)18-5-2/h6,8,10,13,15H,4-5,7,9H2,1-3H3. The van der Waals surface area contributed by atoms with E-state index in [9.17, 15) is 8.42 Å². The van der Waals surface area contributed by atoms with Crippen LogP contribution in [-0.4, -0.2) is 37.3 Å². The maximum Gasteiger partial charge on any atom is 0.242 e. The highest BCUT2D eigenvalue weighted by Crippen LogP contribution is 2.14. The quantitative estimate of drug-likeness (QED) is 0.738. The highest BCUT2D eigenvalue weighted by atomic mass is 32.2. The number of sulfonamides is 1. The minimum Gasteiger partial charge on any atom is -0.390 e. The lowest BCUT2D eigenvalue weighted by Gasteiger charge is -2.12. The van der Waals surface area contributed by atoms with E-state index >= 15 is 0 Å². The first-order valence-corrected chi connectivity index (χ1v) is 7.84. The van der Waals surface area contributed by atoms with Crippen molar-refractivity contribution in [1.82, 2.24) is 9.29 Å². The summed E-state index contributed by atoms with van der Waals surface area (Å²) in [7, 11) is -3.56. The lowest BCUT2D eigenvalue weighted by atomic mass is 10.4. The summed E-state index contributed by atoms with van der Waals surface area (Å²) in [5, 5.41) is 9.16. The van der Waals surface area contributed by atoms with Gasteiger partial charge in [-0.3, -0.25) is 0 Å². The van der Waals surface area contributed by atoms with Crippen LogP contribution in [0.4, 0.5) is 0 Å². The fourth-order valence-corrected chi connectivity index (χ4v) is 2.93. The van der Waals surface area contributed by atoms with Crippen molar-refractivity contribution < 1.29 is 18.3 Å². The molecule has 1 unspecified atom stereocenters. The molecule has 7 heteroatoms. The molecule has 1 aromatic heterocycles. The van der Waals surface area contributed by atoms with Crippen molar-refractivity contribution in [3.8, 4) is 0 Å². The molecule has 1 rings (SSSR count). The van der Waals surface area contributed by atoms with Crippen LogP contribution in [0.5, 0.6) is 0 Å². The summed E-state index contributed by atoms with van der Waals surface area (Å²) in [4.78, 5) is 0.169. The Hall–Kier alpha value is -0.890. The Morgan fingerprint density at radius 2 is 2.16 bits per heavy atom. The van der Waals surface area contributed by atoms with Gasteiger partial charge in [-0.1, -0.05) is 0 Å². The average Bonchev–Trinajstić information content (AvgIpc) is 2.81. The number of nitrogens with zero attached hydrogens (tertiary/aromatic N) is 1. The SMILES string of the molecule is CCOC(C)CNS(=O)(=O)c1cc(CO)n(CC)c1. The molecule has 19 heavy (non-hydrogen) atoms. The number of aryl methyl sites for hydroxylation is 1. The minimum absolute atomic E-state index is 0.169. The van der Waals surface area contributed by atoms with Gasteiger partial charge in [0.1, 0.15) is 0 Å². The summed E-state index contributed by atoms with van der Waals surface area (Å²) in [6.07, 6.45) is 1.35. The predicted molar refractivity (Wildman–Crippen MR) is 72.3 cm³/mol. The van der Waals surface area contributed by atoms with E-state index in [0.717, 1.165) is 0 Å². The average molecular weight is 290 g/mol. The lowest BCUT2D eigenvalue weighted by Crippen LogP contribution is -2.32. The van der Waals surface area contributed by atoms with Crippen LogP contribution >= 0.6 is 0 Å². The monoisotopic (exact) mass is 290 g/mol. The largest absolute Gasteiger partial charge is 0.390 e. The summed E-state index contributed by atoms with van der Waals surface area (Å²) >= 11 is 0. The van der Waals surface area contributed by atoms with Gasteiger partial charge < -0.3 is 14.4 Å². The van der Waals surface area contributed by atoms with Crippen molar-refractivity contribution in [3.05, 3.63) is 18.0 Å². The Labute approximate surface area is 114 Å². The molecule has 0 bridgehead atoms. The zero-order chi connectivity index (χ0) is 14.5. The molecule has 0 fully saturated rings. The molecule has 0 aliphatic rings. The van der Waals surface area contributed by atoms with E-state index in [-0.39, 0.29) is 24.2 Å². The third-order valence-corrected chi connectivity index (χ3v) is 4.18. The molecule has 0 aromatic carbocycles. The summed E-state index contributed by atoms with van der Waals surface area (Å²) < 4.78 is 33.6. The van der Waals surface area contributed by atoms with Crippen LogP contribution in [0.3, 0.4) is 0 Å². The van der Waals surface area contributed by atoms with Crippen molar-refractivity contribution in [2.75, 3.05) is 13.2 Å². The van der Waals surface area contributed by atoms with Crippen molar-refractivity contribution in [1.29, 1.82) is 0 Å². The van der Waals surface area contributed by atoms with Crippen LogP contribution in [0.1, 0.15) is 26.5 Å². The lowest BCUT2D eigenvalue weighted by molar-refractivity contribution is 0.0799. The molecular weight excluding hydrogens is 268 g/mol. The van der Waals surface area contributed by atoms with Gasteiger partial charge in [-0.2, -0.15) is 0 Å². The zero-order valence-corrected chi connectivity index (χ0v) is 12.4. The molecule has 0 aliphatic carbocycles. The third kappa shape index (κ3) is 4.31. The van der Waals surface area contributed by atoms with E-state index in [0.29, 0.717) is 18.8 Å². The Bertz CT molecular complexity index is 474. The number of hydrogen-bond acceptors (Lipinski definition) is 4. The van der Waals surface area contributed by atoms with Gasteiger partial charge in [0.05, 0.1) is 17.6 Å². The summed E-state index contributed by atoms with van der Waals surface area (Å²) in [5.74, 6) is 0. The number of ether oxygens (including phenoxy) is 1. The fourth-order valence-electron chi connectivity index (χ4n) is 1.75. The van der Waals surface area contributed by atoms with Crippen LogP contribution in [0, 0.1) is 0 Å². The zero-order valence-electron chi connectivity index (χ0n) is 11.6. The second kappa shape index (κ2) is 7.04. The van der Waals surface area contributed by atoms with Gasteiger partial charge in [0.2, 0.25) is 10.0 Å². The highest BCUT2D eigenvalue weighted by molar-refractivity contribution is 7.89. The Morgan fingerprint density at radius 1 is 1.47 bits per heavy atom. The number of aliphatic hydroxyl groups excluding tert-OH is 1. The number of aliphatic hydroxyl groups is 1. The van der Waals surface area contributed by atoms with Crippen molar-refractivity contribution in [2.24, 2.45) is 0 Å². The van der Waals surface area contributed by atoms with E-state index in [1.54, 1.807) is 4.57 Å². The normalized spacial score (nSPS) is 13.7. The van der Waals surface area contributed by atoms with Crippen LogP contribution in [0.2, 0.25) is 0 Å². The minimum atomic E-state index is -3.56. The molecule has 0 spiro atoms. The first kappa shape index (κ1) is 16.2. The molecule has 110 valence electrons. The molecule has 1 atom stereocenters. The van der Waals surface area contributed by atoms with E-state index in [1.807, 2.05) is 20.8 Å². The molecular formula is C12H22N2O4S. The second-order valence-corrected chi connectivity index (χ2v) is 6.00. The number of nitrogens with one attached hydrogen (secondary N) is 1. The van der Waals surface area contributed by atoms with Crippen LogP contribution in [0.25, 0.3) is 0 Å². The number of aromatic nitrogens is 1. The van der Waals surface area contributed by atoms with E-state index in [4.69, 9.17) is 9.84 Å². The molecule has 0 radical (unpaired) electrons. The number of hydrogen-bond donors (Lipinski definition) is 2. The third-order valence-electron chi connectivity index (χ3n) is 2.79. The van der Waals surface area contributed by atoms with E-state index < -0.39 is 10.0 Å². The van der Waals surface area contributed by atoms with Crippen LogP contribution in [0.15, 0.2) is 17.2 Å². The van der Waals surface area contributed by atoms with Gasteiger partial charge in [-0.15, -0.1) is 0 Å². The van der Waals surface area contributed by atoms with Crippen LogP contribution < -0.4 is 4.72 Å². The van der Waals surface area contributed by atoms with Gasteiger partial charge >= 0.3 is 0 Å². The fraction of sp³-hybridized carbons (Fsp3) is 0.667. The molecule has 0 saturated carbocycles. The maximum absolute atomic E-state index is 12.1. The second-order valence-electron chi connectivity index (χ2n) is 4.23. The van der Waals surface area contributed by atoms with Crippen molar-refractivity contribution in [3.63, 3.8) is 0 Å². The van der Waals surface area contributed by atoms with E-state index in [2.05, 4.69) is 4.72 Å². The van der Waals surface area contributed by atoms with Crippen molar-refractivity contribution in [2.45, 2.75) is 44.9 Å². The highest BCUT2D eigenvalue weighted by Gasteiger charge is 2.18. The Kier molecular flexibility index (Phi) is 5.99. The van der Waals surface area contributed by atoms with Crippen LogP contribution in [-0.2, 0) is 27.9 Å². The first-order chi connectivity index (χ1) is 8.94. The molecule has 1 heterocycles. The molecule has 2 N–H and O–H groups in total. The predicted octanol–water partition coefficient (Wildman–Crippen LogP) is 0.704. The summed E-state index contributed by atoms with van der Waals surface area (Å²) in [6, 6.07) is 1.48. The molecule has 0 aliphatic heterocycles. The molecule has 0 saturated heterocycles. The molecule has 0 amide bonds.